The Morgan fingerprint density at radius 3 is 2.22 bits per heavy atom. The van der Waals surface area contributed by atoms with Crippen LogP contribution in [0.15, 0.2) is 36.7 Å². The fraction of sp³-hybridized carbons (Fsp3) is 0.565. The van der Waals surface area contributed by atoms with E-state index in [0.717, 1.165) is 23.6 Å². The summed E-state index contributed by atoms with van der Waals surface area (Å²) in [6, 6.07) is 7.93. The minimum Gasteiger partial charge on any atom is -0.491 e. The molecule has 2 aromatic rings. The summed E-state index contributed by atoms with van der Waals surface area (Å²) in [5.41, 5.74) is 2.23. The Morgan fingerprint density at radius 2 is 1.56 bits per heavy atom. The molecule has 0 fully saturated rings. The molecule has 0 aliphatic carbocycles. The smallest absolute Gasteiger partial charge is 0.159 e. The summed E-state index contributed by atoms with van der Waals surface area (Å²) in [7, 11) is 0. The van der Waals surface area contributed by atoms with Crippen LogP contribution in [0.3, 0.4) is 0 Å². The second kappa shape index (κ2) is 12.4. The normalized spacial score (nSPS) is 12.1. The van der Waals surface area contributed by atoms with E-state index in [9.17, 15) is 0 Å². The molecule has 0 amide bonds. The lowest BCUT2D eigenvalue weighted by molar-refractivity contribution is 0.0402. The first-order chi connectivity index (χ1) is 13.2. The van der Waals surface area contributed by atoms with Crippen molar-refractivity contribution in [3.8, 4) is 17.1 Å². The summed E-state index contributed by atoms with van der Waals surface area (Å²) in [5.74, 6) is 1.60. The SMILES string of the molecule is CCCCCCCCc1cnc(-c2ccc(OCC(C)OCC)cc2)nc1. The number of rotatable bonds is 13. The Labute approximate surface area is 164 Å². The molecule has 1 aromatic heterocycles. The fourth-order valence-corrected chi connectivity index (χ4v) is 2.99. The fourth-order valence-electron chi connectivity index (χ4n) is 2.99. The molecule has 0 spiro atoms. The molecular weight excluding hydrogens is 336 g/mol. The third-order valence-electron chi connectivity index (χ3n) is 4.57. The molecule has 4 heteroatoms. The van der Waals surface area contributed by atoms with Crippen molar-refractivity contribution in [3.05, 3.63) is 42.2 Å². The van der Waals surface area contributed by atoms with Crippen molar-refractivity contribution in [3.63, 3.8) is 0 Å². The van der Waals surface area contributed by atoms with E-state index in [1.165, 1.54) is 44.1 Å². The van der Waals surface area contributed by atoms with E-state index < -0.39 is 0 Å². The van der Waals surface area contributed by atoms with E-state index in [2.05, 4.69) is 16.9 Å². The standard InChI is InChI=1S/C23H34N2O2/c1-4-6-7-8-9-10-11-20-16-24-23(25-17-20)21-12-14-22(15-13-21)27-18-19(3)26-5-2/h12-17,19H,4-11,18H2,1-3H3. The highest BCUT2D eigenvalue weighted by molar-refractivity contribution is 5.55. The van der Waals surface area contributed by atoms with Crippen molar-refractivity contribution < 1.29 is 9.47 Å². The van der Waals surface area contributed by atoms with E-state index >= 15 is 0 Å². The monoisotopic (exact) mass is 370 g/mol. The highest BCUT2D eigenvalue weighted by atomic mass is 16.5. The lowest BCUT2D eigenvalue weighted by Crippen LogP contribution is -2.17. The van der Waals surface area contributed by atoms with Gasteiger partial charge in [0.1, 0.15) is 12.4 Å². The zero-order valence-corrected chi connectivity index (χ0v) is 17.1. The topological polar surface area (TPSA) is 44.2 Å². The van der Waals surface area contributed by atoms with Crippen molar-refractivity contribution in [2.75, 3.05) is 13.2 Å². The van der Waals surface area contributed by atoms with Crippen molar-refractivity contribution in [2.24, 2.45) is 0 Å². The van der Waals surface area contributed by atoms with E-state index in [1.807, 2.05) is 50.5 Å². The summed E-state index contributed by atoms with van der Waals surface area (Å²) in [6.07, 6.45) is 13.0. The maximum absolute atomic E-state index is 5.74. The Balaban J connectivity index is 1.78. The van der Waals surface area contributed by atoms with Crippen molar-refractivity contribution in [1.29, 1.82) is 0 Å². The van der Waals surface area contributed by atoms with Crippen LogP contribution in [0.1, 0.15) is 64.9 Å². The number of benzene rings is 1. The van der Waals surface area contributed by atoms with Crippen LogP contribution < -0.4 is 4.74 Å². The number of nitrogens with zero attached hydrogens (tertiary/aromatic N) is 2. The van der Waals surface area contributed by atoms with Gasteiger partial charge in [0.15, 0.2) is 5.82 Å². The zero-order valence-electron chi connectivity index (χ0n) is 17.1. The molecule has 1 aromatic carbocycles. The van der Waals surface area contributed by atoms with Crippen molar-refractivity contribution in [1.82, 2.24) is 9.97 Å². The minimum absolute atomic E-state index is 0.0946. The van der Waals surface area contributed by atoms with Gasteiger partial charge in [0.2, 0.25) is 0 Å². The summed E-state index contributed by atoms with van der Waals surface area (Å²) >= 11 is 0. The molecule has 0 aliphatic rings. The average molecular weight is 371 g/mol. The van der Waals surface area contributed by atoms with Crippen LogP contribution >= 0.6 is 0 Å². The van der Waals surface area contributed by atoms with Gasteiger partial charge in [-0.25, -0.2) is 9.97 Å². The van der Waals surface area contributed by atoms with Gasteiger partial charge < -0.3 is 9.47 Å². The highest BCUT2D eigenvalue weighted by Gasteiger charge is 2.05. The maximum Gasteiger partial charge on any atom is 0.159 e. The van der Waals surface area contributed by atoms with Gasteiger partial charge in [-0.3, -0.25) is 0 Å². The Bertz CT molecular complexity index is 626. The lowest BCUT2D eigenvalue weighted by Gasteiger charge is -2.13. The summed E-state index contributed by atoms with van der Waals surface area (Å²) in [6.45, 7) is 7.51. The van der Waals surface area contributed by atoms with E-state index in [0.29, 0.717) is 13.2 Å². The largest absolute Gasteiger partial charge is 0.491 e. The van der Waals surface area contributed by atoms with Crippen LogP contribution in [0.5, 0.6) is 5.75 Å². The first-order valence-electron chi connectivity index (χ1n) is 10.4. The number of hydrogen-bond acceptors (Lipinski definition) is 4. The molecule has 0 saturated heterocycles. The zero-order chi connectivity index (χ0) is 19.3. The summed E-state index contributed by atoms with van der Waals surface area (Å²) < 4.78 is 11.2. The minimum atomic E-state index is 0.0946. The number of unbranched alkanes of at least 4 members (excludes halogenated alkanes) is 5. The van der Waals surface area contributed by atoms with E-state index in [-0.39, 0.29) is 6.10 Å². The molecule has 4 nitrogen and oxygen atoms in total. The van der Waals surface area contributed by atoms with Gasteiger partial charge >= 0.3 is 0 Å². The maximum atomic E-state index is 5.74. The highest BCUT2D eigenvalue weighted by Crippen LogP contribution is 2.20. The molecule has 1 unspecified atom stereocenters. The summed E-state index contributed by atoms with van der Waals surface area (Å²) in [5, 5.41) is 0. The van der Waals surface area contributed by atoms with Gasteiger partial charge in [0, 0.05) is 24.6 Å². The molecule has 0 aliphatic heterocycles. The molecule has 2 rings (SSSR count). The third kappa shape index (κ3) is 8.08. The van der Waals surface area contributed by atoms with Crippen molar-refractivity contribution in [2.45, 2.75) is 71.8 Å². The molecule has 0 bridgehead atoms. The van der Waals surface area contributed by atoms with Gasteiger partial charge in [-0.15, -0.1) is 0 Å². The van der Waals surface area contributed by atoms with Crippen LogP contribution in [0.2, 0.25) is 0 Å². The Morgan fingerprint density at radius 1 is 0.889 bits per heavy atom. The summed E-state index contributed by atoms with van der Waals surface area (Å²) in [4.78, 5) is 9.07. The predicted octanol–water partition coefficient (Wildman–Crippen LogP) is 5.85. The second-order valence-electron chi connectivity index (χ2n) is 7.03. The number of ether oxygens (including phenoxy) is 2. The molecule has 0 saturated carbocycles. The molecule has 0 radical (unpaired) electrons. The Hall–Kier alpha value is -1.94. The van der Waals surface area contributed by atoms with Gasteiger partial charge in [0.05, 0.1) is 6.10 Å². The number of aromatic nitrogens is 2. The molecule has 1 heterocycles. The lowest BCUT2D eigenvalue weighted by atomic mass is 10.1. The van der Waals surface area contributed by atoms with Crippen LogP contribution in [-0.2, 0) is 11.2 Å². The van der Waals surface area contributed by atoms with E-state index in [4.69, 9.17) is 9.47 Å². The van der Waals surface area contributed by atoms with E-state index in [1.54, 1.807) is 0 Å². The molecule has 1 atom stereocenters. The van der Waals surface area contributed by atoms with Crippen LogP contribution in [0.4, 0.5) is 0 Å². The van der Waals surface area contributed by atoms with Crippen LogP contribution in [0.25, 0.3) is 11.4 Å². The van der Waals surface area contributed by atoms with Crippen molar-refractivity contribution >= 4 is 0 Å². The van der Waals surface area contributed by atoms with Crippen LogP contribution in [0, 0.1) is 0 Å². The predicted molar refractivity (Wildman–Crippen MR) is 111 cm³/mol. The van der Waals surface area contributed by atoms with Gasteiger partial charge in [-0.2, -0.15) is 0 Å². The number of hydrogen-bond donors (Lipinski definition) is 0. The first kappa shape index (κ1) is 21.4. The quantitative estimate of drug-likeness (QED) is 0.415. The molecular formula is C23H34N2O2. The molecule has 0 N–H and O–H groups in total. The molecule has 27 heavy (non-hydrogen) atoms. The Kier molecular flexibility index (Phi) is 9.85. The average Bonchev–Trinajstić information content (AvgIpc) is 2.70. The van der Waals surface area contributed by atoms with Gasteiger partial charge in [0.25, 0.3) is 0 Å². The molecule has 148 valence electrons. The van der Waals surface area contributed by atoms with Crippen LogP contribution in [-0.4, -0.2) is 29.3 Å². The van der Waals surface area contributed by atoms with Gasteiger partial charge in [-0.05, 0) is 56.5 Å². The first-order valence-corrected chi connectivity index (χ1v) is 10.4. The third-order valence-corrected chi connectivity index (χ3v) is 4.57. The van der Waals surface area contributed by atoms with Gasteiger partial charge in [-0.1, -0.05) is 39.0 Å². The number of aryl methyl sites for hydroxylation is 1. The second-order valence-corrected chi connectivity index (χ2v) is 7.03.